The maximum Gasteiger partial charge on any atom is 0.317 e. The molecule has 5 nitrogen and oxygen atoms in total. The van der Waals surface area contributed by atoms with Gasteiger partial charge in [0.25, 0.3) is 0 Å². The Labute approximate surface area is 109 Å². The van der Waals surface area contributed by atoms with Crippen molar-refractivity contribution in [1.82, 2.24) is 10.2 Å². The number of hydrogen-bond donors (Lipinski definition) is 2. The molecule has 2 N–H and O–H groups in total. The Bertz CT molecular complexity index is 301. The SMILES string of the molecule is CCCCN(C)C(=O)NCC1(CC(=O)O)CCC1. The minimum atomic E-state index is -0.775. The van der Waals surface area contributed by atoms with Crippen LogP contribution >= 0.6 is 0 Å². The fraction of sp³-hybridized carbons (Fsp3) is 0.846. The summed E-state index contributed by atoms with van der Waals surface area (Å²) < 4.78 is 0. The molecule has 0 aliphatic heterocycles. The average molecular weight is 256 g/mol. The van der Waals surface area contributed by atoms with Crippen LogP contribution in [0.25, 0.3) is 0 Å². The van der Waals surface area contributed by atoms with Gasteiger partial charge in [-0.1, -0.05) is 19.8 Å². The van der Waals surface area contributed by atoms with Crippen LogP contribution in [0.2, 0.25) is 0 Å². The fourth-order valence-electron chi connectivity index (χ4n) is 2.31. The van der Waals surface area contributed by atoms with E-state index in [1.165, 1.54) is 0 Å². The van der Waals surface area contributed by atoms with Gasteiger partial charge in [0, 0.05) is 20.1 Å². The minimum absolute atomic E-state index is 0.0971. The van der Waals surface area contributed by atoms with E-state index in [1.807, 2.05) is 0 Å². The van der Waals surface area contributed by atoms with E-state index in [-0.39, 0.29) is 17.9 Å². The number of carbonyl (C=O) groups is 2. The predicted molar refractivity (Wildman–Crippen MR) is 69.5 cm³/mol. The Kier molecular flexibility index (Phi) is 5.44. The van der Waals surface area contributed by atoms with Crippen LogP contribution in [-0.4, -0.2) is 42.1 Å². The zero-order valence-electron chi connectivity index (χ0n) is 11.4. The third kappa shape index (κ3) is 4.20. The van der Waals surface area contributed by atoms with Gasteiger partial charge in [-0.2, -0.15) is 0 Å². The molecule has 0 aromatic heterocycles. The number of urea groups is 1. The van der Waals surface area contributed by atoms with Gasteiger partial charge < -0.3 is 15.3 Å². The predicted octanol–water partition coefficient (Wildman–Crippen LogP) is 2.07. The van der Waals surface area contributed by atoms with Crippen LogP contribution in [0, 0.1) is 5.41 Å². The van der Waals surface area contributed by atoms with Gasteiger partial charge in [0.2, 0.25) is 0 Å². The number of carboxylic acid groups (broad SMARTS) is 1. The van der Waals surface area contributed by atoms with Gasteiger partial charge in [0.05, 0.1) is 6.42 Å². The maximum absolute atomic E-state index is 11.8. The number of unbranched alkanes of at least 4 members (excludes halogenated alkanes) is 1. The number of rotatable bonds is 7. The molecule has 0 heterocycles. The number of carbonyl (C=O) groups excluding carboxylic acids is 1. The molecule has 0 radical (unpaired) electrons. The summed E-state index contributed by atoms with van der Waals surface area (Å²) in [4.78, 5) is 24.3. The van der Waals surface area contributed by atoms with Crippen molar-refractivity contribution in [3.8, 4) is 0 Å². The van der Waals surface area contributed by atoms with Crippen molar-refractivity contribution < 1.29 is 14.7 Å². The largest absolute Gasteiger partial charge is 0.481 e. The van der Waals surface area contributed by atoms with Crippen molar-refractivity contribution in [1.29, 1.82) is 0 Å². The topological polar surface area (TPSA) is 69.6 Å². The van der Waals surface area contributed by atoms with Gasteiger partial charge in [0.15, 0.2) is 0 Å². The van der Waals surface area contributed by atoms with Crippen molar-refractivity contribution in [2.24, 2.45) is 5.41 Å². The second-order valence-corrected chi connectivity index (χ2v) is 5.36. The molecule has 0 spiro atoms. The Hall–Kier alpha value is -1.26. The molecule has 5 heteroatoms. The summed E-state index contributed by atoms with van der Waals surface area (Å²) >= 11 is 0. The zero-order chi connectivity index (χ0) is 13.6. The van der Waals surface area contributed by atoms with Gasteiger partial charge in [0.1, 0.15) is 0 Å². The van der Waals surface area contributed by atoms with Crippen molar-refractivity contribution in [2.75, 3.05) is 20.1 Å². The lowest BCUT2D eigenvalue weighted by molar-refractivity contribution is -0.141. The summed E-state index contributed by atoms with van der Waals surface area (Å²) in [6.07, 6.45) is 5.07. The second kappa shape index (κ2) is 6.61. The molecule has 104 valence electrons. The average Bonchev–Trinajstić information content (AvgIpc) is 2.28. The molecule has 0 bridgehead atoms. The first-order valence-electron chi connectivity index (χ1n) is 6.70. The summed E-state index contributed by atoms with van der Waals surface area (Å²) in [5, 5.41) is 11.7. The van der Waals surface area contributed by atoms with Crippen LogP contribution in [0.4, 0.5) is 4.79 Å². The molecule has 1 rings (SSSR count). The van der Waals surface area contributed by atoms with E-state index in [2.05, 4.69) is 12.2 Å². The highest BCUT2D eigenvalue weighted by molar-refractivity contribution is 5.74. The van der Waals surface area contributed by atoms with E-state index in [9.17, 15) is 9.59 Å². The van der Waals surface area contributed by atoms with E-state index in [1.54, 1.807) is 11.9 Å². The molecule has 0 unspecified atom stereocenters. The van der Waals surface area contributed by atoms with Crippen molar-refractivity contribution in [2.45, 2.75) is 45.4 Å². The summed E-state index contributed by atoms with van der Waals surface area (Å²) in [6, 6.07) is -0.0971. The summed E-state index contributed by atoms with van der Waals surface area (Å²) in [5.41, 5.74) is -0.201. The second-order valence-electron chi connectivity index (χ2n) is 5.36. The molecule has 0 atom stereocenters. The molecular formula is C13H24N2O3. The van der Waals surface area contributed by atoms with Crippen LogP contribution in [-0.2, 0) is 4.79 Å². The number of hydrogen-bond acceptors (Lipinski definition) is 2. The van der Waals surface area contributed by atoms with Crippen molar-refractivity contribution in [3.63, 3.8) is 0 Å². The van der Waals surface area contributed by atoms with E-state index in [0.717, 1.165) is 38.6 Å². The van der Waals surface area contributed by atoms with Crippen LogP contribution in [0.1, 0.15) is 45.4 Å². The number of nitrogens with one attached hydrogen (secondary N) is 1. The quantitative estimate of drug-likeness (QED) is 0.732. The van der Waals surface area contributed by atoms with Crippen LogP contribution in [0.3, 0.4) is 0 Å². The molecule has 1 aliphatic rings. The van der Waals surface area contributed by atoms with E-state index >= 15 is 0 Å². The van der Waals surface area contributed by atoms with Crippen LogP contribution in [0.15, 0.2) is 0 Å². The molecule has 0 saturated heterocycles. The number of nitrogens with zero attached hydrogens (tertiary/aromatic N) is 1. The number of aliphatic carboxylic acids is 1. The van der Waals surface area contributed by atoms with Crippen molar-refractivity contribution in [3.05, 3.63) is 0 Å². The molecule has 2 amide bonds. The summed E-state index contributed by atoms with van der Waals surface area (Å²) in [5.74, 6) is -0.775. The Morgan fingerprint density at radius 2 is 2.06 bits per heavy atom. The van der Waals surface area contributed by atoms with Gasteiger partial charge in [-0.3, -0.25) is 4.79 Å². The first-order valence-corrected chi connectivity index (χ1v) is 6.70. The maximum atomic E-state index is 11.8. The smallest absolute Gasteiger partial charge is 0.317 e. The van der Waals surface area contributed by atoms with E-state index in [4.69, 9.17) is 5.11 Å². The Morgan fingerprint density at radius 1 is 1.39 bits per heavy atom. The zero-order valence-corrected chi connectivity index (χ0v) is 11.4. The highest BCUT2D eigenvalue weighted by Crippen LogP contribution is 2.43. The van der Waals surface area contributed by atoms with Gasteiger partial charge in [-0.15, -0.1) is 0 Å². The first-order chi connectivity index (χ1) is 8.49. The van der Waals surface area contributed by atoms with Crippen LogP contribution in [0.5, 0.6) is 0 Å². The normalized spacial score (nSPS) is 16.8. The molecule has 18 heavy (non-hydrogen) atoms. The molecule has 1 saturated carbocycles. The van der Waals surface area contributed by atoms with E-state index in [0.29, 0.717) is 6.54 Å². The lowest BCUT2D eigenvalue weighted by Crippen LogP contribution is -2.47. The molecular weight excluding hydrogens is 232 g/mol. The van der Waals surface area contributed by atoms with E-state index < -0.39 is 5.97 Å². The summed E-state index contributed by atoms with van der Waals surface area (Å²) in [6.45, 7) is 3.31. The first kappa shape index (κ1) is 14.8. The number of carboxylic acids is 1. The molecule has 0 aromatic rings. The van der Waals surface area contributed by atoms with Gasteiger partial charge in [-0.05, 0) is 24.7 Å². The lowest BCUT2D eigenvalue weighted by Gasteiger charge is -2.41. The standard InChI is InChI=1S/C13H24N2O3/c1-3-4-8-15(2)12(18)14-10-13(6-5-7-13)9-11(16)17/h3-10H2,1-2H3,(H,14,18)(H,16,17). The highest BCUT2D eigenvalue weighted by atomic mass is 16.4. The van der Waals surface area contributed by atoms with Gasteiger partial charge in [-0.25, -0.2) is 4.79 Å². The van der Waals surface area contributed by atoms with Crippen molar-refractivity contribution >= 4 is 12.0 Å². The van der Waals surface area contributed by atoms with Gasteiger partial charge >= 0.3 is 12.0 Å². The third-order valence-corrected chi connectivity index (χ3v) is 3.75. The molecule has 1 fully saturated rings. The summed E-state index contributed by atoms with van der Waals surface area (Å²) in [7, 11) is 1.77. The highest BCUT2D eigenvalue weighted by Gasteiger charge is 2.39. The monoisotopic (exact) mass is 256 g/mol. The third-order valence-electron chi connectivity index (χ3n) is 3.75. The van der Waals surface area contributed by atoms with Crippen LogP contribution < -0.4 is 5.32 Å². The Morgan fingerprint density at radius 3 is 2.50 bits per heavy atom. The Balaban J connectivity index is 2.34. The molecule has 0 aromatic carbocycles. The number of amides is 2. The lowest BCUT2D eigenvalue weighted by atomic mass is 9.66. The molecule has 1 aliphatic carbocycles. The minimum Gasteiger partial charge on any atom is -0.481 e. The fourth-order valence-corrected chi connectivity index (χ4v) is 2.31.